The largest absolute Gasteiger partial charge is 0.489 e. The normalized spacial score (nSPS) is 12.9. The van der Waals surface area contributed by atoms with Crippen molar-refractivity contribution < 1.29 is 9.84 Å². The van der Waals surface area contributed by atoms with Gasteiger partial charge < -0.3 is 9.84 Å². The first kappa shape index (κ1) is 12.3. The molecule has 0 fully saturated rings. The zero-order valence-electron chi connectivity index (χ0n) is 9.33. The first-order valence-corrected chi connectivity index (χ1v) is 5.49. The molecule has 84 valence electrons. The zero-order chi connectivity index (χ0) is 11.4. The molecule has 0 amide bonds. The highest BCUT2D eigenvalue weighted by Crippen LogP contribution is 2.29. The van der Waals surface area contributed by atoms with Gasteiger partial charge in [-0.3, -0.25) is 0 Å². The molecule has 15 heavy (non-hydrogen) atoms. The van der Waals surface area contributed by atoms with Gasteiger partial charge in [-0.2, -0.15) is 0 Å². The Morgan fingerprint density at radius 2 is 2.00 bits per heavy atom. The average molecular weight is 229 g/mol. The highest BCUT2D eigenvalue weighted by atomic mass is 35.5. The fourth-order valence-corrected chi connectivity index (χ4v) is 1.51. The molecule has 1 aromatic carbocycles. The lowest BCUT2D eigenvalue weighted by atomic mass is 10.0. The average Bonchev–Trinajstić information content (AvgIpc) is 2.19. The summed E-state index contributed by atoms with van der Waals surface area (Å²) in [6.07, 6.45) is 0.114. The molecule has 0 aromatic heterocycles. The molecule has 0 bridgehead atoms. The number of aliphatic hydroxyl groups excluding tert-OH is 1. The first-order valence-electron chi connectivity index (χ1n) is 5.11. The van der Waals surface area contributed by atoms with Crippen LogP contribution in [0.2, 0.25) is 5.02 Å². The van der Waals surface area contributed by atoms with Gasteiger partial charge in [-0.1, -0.05) is 24.6 Å². The third-order valence-corrected chi connectivity index (χ3v) is 2.46. The summed E-state index contributed by atoms with van der Waals surface area (Å²) < 4.78 is 5.52. The van der Waals surface area contributed by atoms with Crippen LogP contribution in [0.1, 0.15) is 32.3 Å². The van der Waals surface area contributed by atoms with E-state index in [0.717, 1.165) is 5.56 Å². The van der Waals surface area contributed by atoms with Crippen molar-refractivity contribution in [3.8, 4) is 5.75 Å². The van der Waals surface area contributed by atoms with Crippen LogP contribution in [-0.2, 0) is 0 Å². The Balaban J connectivity index is 2.88. The summed E-state index contributed by atoms with van der Waals surface area (Å²) in [5.74, 6) is 0.802. The topological polar surface area (TPSA) is 29.5 Å². The minimum atomic E-state index is 0.107. The number of aliphatic hydroxyl groups is 1. The Hall–Kier alpha value is -0.730. The predicted molar refractivity (Wildman–Crippen MR) is 62.7 cm³/mol. The van der Waals surface area contributed by atoms with Crippen molar-refractivity contribution in [2.24, 2.45) is 0 Å². The quantitative estimate of drug-likeness (QED) is 0.858. The summed E-state index contributed by atoms with van der Waals surface area (Å²) in [5, 5.41) is 9.62. The highest BCUT2D eigenvalue weighted by molar-refractivity contribution is 6.32. The van der Waals surface area contributed by atoms with Crippen molar-refractivity contribution in [2.75, 3.05) is 6.61 Å². The molecule has 2 nitrogen and oxygen atoms in total. The van der Waals surface area contributed by atoms with Gasteiger partial charge in [0.25, 0.3) is 0 Å². The molecule has 1 N–H and O–H groups in total. The molecule has 1 atom stereocenters. The molecule has 0 aliphatic heterocycles. The molecule has 0 aliphatic carbocycles. The molecular weight excluding hydrogens is 212 g/mol. The van der Waals surface area contributed by atoms with E-state index in [1.54, 1.807) is 0 Å². The predicted octanol–water partition coefficient (Wildman–Crippen LogP) is 3.22. The van der Waals surface area contributed by atoms with Crippen LogP contribution in [0.15, 0.2) is 18.2 Å². The zero-order valence-corrected chi connectivity index (χ0v) is 10.1. The number of hydrogen-bond acceptors (Lipinski definition) is 2. The number of rotatable bonds is 4. The number of halogens is 1. The molecule has 0 spiro atoms. The molecule has 1 unspecified atom stereocenters. The lowest BCUT2D eigenvalue weighted by Gasteiger charge is -2.14. The lowest BCUT2D eigenvalue weighted by Crippen LogP contribution is -2.06. The Morgan fingerprint density at radius 3 is 2.47 bits per heavy atom. The van der Waals surface area contributed by atoms with Gasteiger partial charge in [-0.05, 0) is 31.5 Å². The molecule has 1 rings (SSSR count). The summed E-state index contributed by atoms with van der Waals surface area (Å²) in [7, 11) is 0. The molecule has 0 aliphatic rings. The van der Waals surface area contributed by atoms with Gasteiger partial charge in [-0.15, -0.1) is 0 Å². The van der Waals surface area contributed by atoms with Crippen LogP contribution in [0.4, 0.5) is 0 Å². The van der Waals surface area contributed by atoms with Crippen molar-refractivity contribution in [2.45, 2.75) is 32.8 Å². The second kappa shape index (κ2) is 5.38. The Bertz CT molecular complexity index is 323. The minimum Gasteiger partial charge on any atom is -0.489 e. The fraction of sp³-hybridized carbons (Fsp3) is 0.500. The van der Waals surface area contributed by atoms with Gasteiger partial charge in [0, 0.05) is 12.5 Å². The maximum absolute atomic E-state index is 9.02. The molecule has 0 heterocycles. The van der Waals surface area contributed by atoms with Crippen LogP contribution in [0, 0.1) is 0 Å². The van der Waals surface area contributed by atoms with E-state index >= 15 is 0 Å². The van der Waals surface area contributed by atoms with Crippen LogP contribution < -0.4 is 4.74 Å². The summed E-state index contributed by atoms with van der Waals surface area (Å²) in [6, 6.07) is 5.63. The number of ether oxygens (including phenoxy) is 1. The van der Waals surface area contributed by atoms with Crippen LogP contribution in [0.5, 0.6) is 5.75 Å². The van der Waals surface area contributed by atoms with Crippen molar-refractivity contribution in [1.29, 1.82) is 0 Å². The lowest BCUT2D eigenvalue weighted by molar-refractivity contribution is 0.242. The molecule has 3 heteroatoms. The second-order valence-electron chi connectivity index (χ2n) is 3.94. The maximum Gasteiger partial charge on any atom is 0.138 e. The highest BCUT2D eigenvalue weighted by Gasteiger charge is 2.08. The van der Waals surface area contributed by atoms with E-state index < -0.39 is 0 Å². The second-order valence-corrected chi connectivity index (χ2v) is 4.35. The Labute approximate surface area is 95.8 Å². The number of hydrogen-bond donors (Lipinski definition) is 1. The van der Waals surface area contributed by atoms with E-state index in [9.17, 15) is 0 Å². The summed E-state index contributed by atoms with van der Waals surface area (Å²) in [6.45, 7) is 6.00. The molecule has 0 saturated heterocycles. The van der Waals surface area contributed by atoms with E-state index in [1.165, 1.54) is 0 Å². The van der Waals surface area contributed by atoms with E-state index in [2.05, 4.69) is 0 Å². The monoisotopic (exact) mass is 228 g/mol. The smallest absolute Gasteiger partial charge is 0.138 e. The van der Waals surface area contributed by atoms with Gasteiger partial charge >= 0.3 is 0 Å². The van der Waals surface area contributed by atoms with Crippen LogP contribution in [0.3, 0.4) is 0 Å². The molecular formula is C12H17ClO2. The van der Waals surface area contributed by atoms with Crippen molar-refractivity contribution in [1.82, 2.24) is 0 Å². The number of benzene rings is 1. The Kier molecular flexibility index (Phi) is 4.43. The van der Waals surface area contributed by atoms with Crippen LogP contribution >= 0.6 is 11.6 Å². The SMILES string of the molecule is CC(C)Oc1ccc(C(C)CO)cc1Cl. The van der Waals surface area contributed by atoms with Gasteiger partial charge in [0.15, 0.2) is 0 Å². The van der Waals surface area contributed by atoms with Gasteiger partial charge in [0.1, 0.15) is 5.75 Å². The van der Waals surface area contributed by atoms with Crippen molar-refractivity contribution >= 4 is 11.6 Å². The molecule has 1 aromatic rings. The fourth-order valence-electron chi connectivity index (χ4n) is 1.28. The minimum absolute atomic E-state index is 0.107. The summed E-state index contributed by atoms with van der Waals surface area (Å²) in [4.78, 5) is 0. The Morgan fingerprint density at radius 1 is 1.33 bits per heavy atom. The van der Waals surface area contributed by atoms with E-state index in [-0.39, 0.29) is 18.6 Å². The standard InChI is InChI=1S/C12H17ClO2/c1-8(2)15-12-5-4-10(6-11(12)13)9(3)7-14/h4-6,8-9,14H,7H2,1-3H3. The molecule has 0 radical (unpaired) electrons. The van der Waals surface area contributed by atoms with Crippen LogP contribution in [-0.4, -0.2) is 17.8 Å². The first-order chi connectivity index (χ1) is 7.04. The van der Waals surface area contributed by atoms with E-state index in [4.69, 9.17) is 21.4 Å². The third-order valence-electron chi connectivity index (χ3n) is 2.16. The van der Waals surface area contributed by atoms with Crippen molar-refractivity contribution in [3.63, 3.8) is 0 Å². The summed E-state index contributed by atoms with van der Waals surface area (Å²) in [5.41, 5.74) is 1.03. The molecule has 0 saturated carbocycles. The summed E-state index contributed by atoms with van der Waals surface area (Å²) >= 11 is 6.07. The van der Waals surface area contributed by atoms with Crippen LogP contribution in [0.25, 0.3) is 0 Å². The van der Waals surface area contributed by atoms with E-state index in [0.29, 0.717) is 10.8 Å². The van der Waals surface area contributed by atoms with E-state index in [1.807, 2.05) is 39.0 Å². The third kappa shape index (κ3) is 3.40. The van der Waals surface area contributed by atoms with Crippen molar-refractivity contribution in [3.05, 3.63) is 28.8 Å². The van der Waals surface area contributed by atoms with Gasteiger partial charge in [0.05, 0.1) is 11.1 Å². The van der Waals surface area contributed by atoms with Gasteiger partial charge in [0.2, 0.25) is 0 Å². The maximum atomic E-state index is 9.02. The van der Waals surface area contributed by atoms with Gasteiger partial charge in [-0.25, -0.2) is 0 Å².